The zero-order chi connectivity index (χ0) is 12.0. The molecule has 1 saturated heterocycles. The van der Waals surface area contributed by atoms with Crippen molar-refractivity contribution in [1.82, 2.24) is 4.31 Å². The summed E-state index contributed by atoms with van der Waals surface area (Å²) in [5.41, 5.74) is 0. The van der Waals surface area contributed by atoms with E-state index in [2.05, 4.69) is 15.9 Å². The smallest absolute Gasteiger partial charge is 0.214 e. The number of rotatable bonds is 6. The molecular formula is C9H18BrNO4S. The molecule has 0 aromatic carbocycles. The standard InChI is InChI=1S/C9H18BrNO4S/c1-14-4-2-6-16(12,13)11-3-5-15-9(7-10)8-11/h9H,2-8H2,1H3. The van der Waals surface area contributed by atoms with Gasteiger partial charge in [-0.15, -0.1) is 0 Å². The number of alkyl halides is 1. The van der Waals surface area contributed by atoms with Gasteiger partial charge in [-0.05, 0) is 6.42 Å². The van der Waals surface area contributed by atoms with E-state index < -0.39 is 10.0 Å². The van der Waals surface area contributed by atoms with Crippen molar-refractivity contribution in [3.63, 3.8) is 0 Å². The molecule has 0 amide bonds. The van der Waals surface area contributed by atoms with Crippen LogP contribution in [-0.2, 0) is 19.5 Å². The van der Waals surface area contributed by atoms with Gasteiger partial charge in [0.15, 0.2) is 0 Å². The molecule has 0 spiro atoms. The van der Waals surface area contributed by atoms with E-state index in [1.807, 2.05) is 0 Å². The normalized spacial score (nSPS) is 23.5. The molecule has 5 nitrogen and oxygen atoms in total. The van der Waals surface area contributed by atoms with Crippen molar-refractivity contribution in [2.24, 2.45) is 0 Å². The van der Waals surface area contributed by atoms with Gasteiger partial charge in [0.1, 0.15) is 0 Å². The summed E-state index contributed by atoms with van der Waals surface area (Å²) < 4.78 is 35.6. The Kier molecular flexibility index (Phi) is 6.20. The number of ether oxygens (including phenoxy) is 2. The molecule has 1 aliphatic heterocycles. The first-order valence-corrected chi connectivity index (χ1v) is 7.97. The van der Waals surface area contributed by atoms with Crippen LogP contribution in [0.2, 0.25) is 0 Å². The van der Waals surface area contributed by atoms with E-state index in [-0.39, 0.29) is 11.9 Å². The highest BCUT2D eigenvalue weighted by molar-refractivity contribution is 9.09. The summed E-state index contributed by atoms with van der Waals surface area (Å²) in [6.07, 6.45) is 0.501. The fraction of sp³-hybridized carbons (Fsp3) is 1.00. The largest absolute Gasteiger partial charge is 0.385 e. The molecule has 7 heteroatoms. The molecule has 1 atom stereocenters. The maximum absolute atomic E-state index is 11.9. The second-order valence-corrected chi connectivity index (χ2v) is 6.40. The maximum atomic E-state index is 11.9. The predicted molar refractivity (Wildman–Crippen MR) is 65.4 cm³/mol. The van der Waals surface area contributed by atoms with Gasteiger partial charge in [0.25, 0.3) is 0 Å². The van der Waals surface area contributed by atoms with Gasteiger partial charge in [0.2, 0.25) is 10.0 Å². The van der Waals surface area contributed by atoms with E-state index in [4.69, 9.17) is 9.47 Å². The first-order valence-electron chi connectivity index (χ1n) is 5.24. The minimum atomic E-state index is -3.15. The van der Waals surface area contributed by atoms with E-state index in [0.29, 0.717) is 38.1 Å². The molecule has 96 valence electrons. The summed E-state index contributed by atoms with van der Waals surface area (Å²) in [4.78, 5) is 0. The Hall–Kier alpha value is 0.310. The highest BCUT2D eigenvalue weighted by atomic mass is 79.9. The number of halogens is 1. The molecule has 0 aliphatic carbocycles. The van der Waals surface area contributed by atoms with E-state index in [9.17, 15) is 8.42 Å². The summed E-state index contributed by atoms with van der Waals surface area (Å²) in [7, 11) is -1.57. The van der Waals surface area contributed by atoms with Crippen LogP contribution >= 0.6 is 15.9 Å². The van der Waals surface area contributed by atoms with Crippen LogP contribution in [0, 0.1) is 0 Å². The van der Waals surface area contributed by atoms with E-state index in [1.54, 1.807) is 7.11 Å². The molecule has 0 aromatic rings. The summed E-state index contributed by atoms with van der Waals surface area (Å²) in [6.45, 7) is 1.85. The third kappa shape index (κ3) is 4.29. The number of hydrogen-bond donors (Lipinski definition) is 0. The molecule has 1 aliphatic rings. The SMILES string of the molecule is COCCCS(=O)(=O)N1CCOC(CBr)C1. The molecule has 0 aromatic heterocycles. The van der Waals surface area contributed by atoms with Crippen LogP contribution in [0.1, 0.15) is 6.42 Å². The van der Waals surface area contributed by atoms with Crippen molar-refractivity contribution in [1.29, 1.82) is 0 Å². The Bertz CT molecular complexity index is 296. The lowest BCUT2D eigenvalue weighted by molar-refractivity contribution is 0.0136. The van der Waals surface area contributed by atoms with E-state index >= 15 is 0 Å². The van der Waals surface area contributed by atoms with Gasteiger partial charge < -0.3 is 9.47 Å². The average molecular weight is 316 g/mol. The Balaban J connectivity index is 2.47. The first kappa shape index (κ1) is 14.4. The third-order valence-corrected chi connectivity index (χ3v) is 5.06. The van der Waals surface area contributed by atoms with Crippen molar-refractivity contribution >= 4 is 26.0 Å². The van der Waals surface area contributed by atoms with Crippen LogP contribution < -0.4 is 0 Å². The van der Waals surface area contributed by atoms with E-state index in [1.165, 1.54) is 4.31 Å². The number of nitrogens with zero attached hydrogens (tertiary/aromatic N) is 1. The Morgan fingerprint density at radius 1 is 1.56 bits per heavy atom. The second kappa shape index (κ2) is 6.90. The van der Waals surface area contributed by atoms with Crippen molar-refractivity contribution in [2.45, 2.75) is 12.5 Å². The molecule has 1 fully saturated rings. The molecule has 0 radical (unpaired) electrons. The van der Waals surface area contributed by atoms with Gasteiger partial charge >= 0.3 is 0 Å². The summed E-state index contributed by atoms with van der Waals surface area (Å²) in [6, 6.07) is 0. The molecule has 0 bridgehead atoms. The van der Waals surface area contributed by atoms with Crippen LogP contribution in [0.25, 0.3) is 0 Å². The number of methoxy groups -OCH3 is 1. The van der Waals surface area contributed by atoms with Crippen LogP contribution in [0.15, 0.2) is 0 Å². The lowest BCUT2D eigenvalue weighted by Crippen LogP contribution is -2.47. The van der Waals surface area contributed by atoms with Gasteiger partial charge in [0, 0.05) is 32.1 Å². The van der Waals surface area contributed by atoms with Gasteiger partial charge in [-0.25, -0.2) is 8.42 Å². The monoisotopic (exact) mass is 315 g/mol. The van der Waals surface area contributed by atoms with Crippen LogP contribution in [0.3, 0.4) is 0 Å². The Morgan fingerprint density at radius 3 is 2.94 bits per heavy atom. The molecule has 1 heterocycles. The molecule has 1 unspecified atom stereocenters. The quantitative estimate of drug-likeness (QED) is 0.527. The highest BCUT2D eigenvalue weighted by Gasteiger charge is 2.28. The van der Waals surface area contributed by atoms with E-state index in [0.717, 1.165) is 0 Å². The van der Waals surface area contributed by atoms with Crippen molar-refractivity contribution in [3.05, 3.63) is 0 Å². The molecule has 0 saturated carbocycles. The fourth-order valence-corrected chi connectivity index (χ4v) is 3.43. The zero-order valence-corrected chi connectivity index (χ0v) is 11.8. The zero-order valence-electron chi connectivity index (χ0n) is 9.39. The van der Waals surface area contributed by atoms with Crippen LogP contribution in [-0.4, -0.2) is 63.3 Å². The topological polar surface area (TPSA) is 55.8 Å². The summed E-state index contributed by atoms with van der Waals surface area (Å²) in [5.74, 6) is 0.149. The van der Waals surface area contributed by atoms with Crippen molar-refractivity contribution < 1.29 is 17.9 Å². The summed E-state index contributed by atoms with van der Waals surface area (Å²) in [5, 5.41) is 0.664. The molecule has 0 N–H and O–H groups in total. The maximum Gasteiger partial charge on any atom is 0.214 e. The van der Waals surface area contributed by atoms with Gasteiger partial charge in [0.05, 0.1) is 18.5 Å². The predicted octanol–water partition coefficient (Wildman–Crippen LogP) is 0.448. The minimum Gasteiger partial charge on any atom is -0.385 e. The van der Waals surface area contributed by atoms with Gasteiger partial charge in [-0.1, -0.05) is 15.9 Å². The van der Waals surface area contributed by atoms with Crippen LogP contribution in [0.5, 0.6) is 0 Å². The Labute approximate surface area is 105 Å². The van der Waals surface area contributed by atoms with Crippen LogP contribution in [0.4, 0.5) is 0 Å². The highest BCUT2D eigenvalue weighted by Crippen LogP contribution is 2.12. The second-order valence-electron chi connectivity index (χ2n) is 3.67. The first-order chi connectivity index (χ1) is 7.60. The van der Waals surface area contributed by atoms with Gasteiger partial charge in [-0.2, -0.15) is 4.31 Å². The number of hydrogen-bond acceptors (Lipinski definition) is 4. The third-order valence-electron chi connectivity index (χ3n) is 2.42. The lowest BCUT2D eigenvalue weighted by Gasteiger charge is -2.31. The molecule has 1 rings (SSSR count). The fourth-order valence-electron chi connectivity index (χ4n) is 1.55. The number of morpholine rings is 1. The molecule has 16 heavy (non-hydrogen) atoms. The Morgan fingerprint density at radius 2 is 2.31 bits per heavy atom. The van der Waals surface area contributed by atoms with Gasteiger partial charge in [-0.3, -0.25) is 0 Å². The van der Waals surface area contributed by atoms with Crippen molar-refractivity contribution in [3.8, 4) is 0 Å². The minimum absolute atomic E-state index is 0.0362. The number of sulfonamides is 1. The van der Waals surface area contributed by atoms with Crippen molar-refractivity contribution in [2.75, 3.05) is 44.5 Å². The average Bonchev–Trinajstić information content (AvgIpc) is 2.29. The molecular weight excluding hydrogens is 298 g/mol. The summed E-state index contributed by atoms with van der Waals surface area (Å²) >= 11 is 3.30. The lowest BCUT2D eigenvalue weighted by atomic mass is 10.3.